The second-order valence-electron chi connectivity index (χ2n) is 4.60. The molecule has 2 aromatic heterocycles. The lowest BCUT2D eigenvalue weighted by atomic mass is 10.2. The van der Waals surface area contributed by atoms with Gasteiger partial charge in [0.25, 0.3) is 5.91 Å². The Labute approximate surface area is 130 Å². The van der Waals surface area contributed by atoms with Crippen molar-refractivity contribution >= 4 is 17.2 Å². The van der Waals surface area contributed by atoms with Gasteiger partial charge in [-0.1, -0.05) is 12.1 Å². The number of aromatic nitrogens is 2. The third-order valence-corrected chi connectivity index (χ3v) is 3.87. The molecule has 3 rings (SSSR count). The summed E-state index contributed by atoms with van der Waals surface area (Å²) in [5, 5.41) is 2.81. The highest BCUT2D eigenvalue weighted by Gasteiger charge is 2.08. The second-order valence-corrected chi connectivity index (χ2v) is 5.49. The molecule has 22 heavy (non-hydrogen) atoms. The van der Waals surface area contributed by atoms with Crippen LogP contribution in [0.5, 0.6) is 0 Å². The van der Waals surface area contributed by atoms with Crippen molar-refractivity contribution < 1.29 is 9.18 Å². The van der Waals surface area contributed by atoms with Crippen LogP contribution in [0.3, 0.4) is 0 Å². The van der Waals surface area contributed by atoms with E-state index in [1.807, 2.05) is 0 Å². The van der Waals surface area contributed by atoms with Crippen LogP contribution < -0.4 is 5.32 Å². The molecule has 0 bridgehead atoms. The van der Waals surface area contributed by atoms with Crippen molar-refractivity contribution in [3.8, 4) is 10.6 Å². The van der Waals surface area contributed by atoms with Crippen molar-refractivity contribution in [2.75, 3.05) is 0 Å². The molecular formula is C16H12FN3OS. The molecule has 1 amide bonds. The summed E-state index contributed by atoms with van der Waals surface area (Å²) in [6.45, 7) is 0.345. The summed E-state index contributed by atoms with van der Waals surface area (Å²) in [5.74, 6) is -0.490. The molecule has 0 aliphatic rings. The molecule has 0 radical (unpaired) electrons. The molecule has 110 valence electrons. The highest BCUT2D eigenvalue weighted by Crippen LogP contribution is 2.21. The highest BCUT2D eigenvalue weighted by atomic mass is 32.1. The first kappa shape index (κ1) is 14.3. The predicted molar refractivity (Wildman–Crippen MR) is 82.9 cm³/mol. The Morgan fingerprint density at radius 1 is 1.23 bits per heavy atom. The van der Waals surface area contributed by atoms with E-state index in [-0.39, 0.29) is 11.7 Å². The van der Waals surface area contributed by atoms with E-state index in [4.69, 9.17) is 0 Å². The van der Waals surface area contributed by atoms with Crippen LogP contribution in [0, 0.1) is 5.82 Å². The van der Waals surface area contributed by atoms with Gasteiger partial charge in [0.05, 0.1) is 16.1 Å². The van der Waals surface area contributed by atoms with Crippen molar-refractivity contribution in [3.05, 3.63) is 71.2 Å². The molecule has 2 heterocycles. The number of hydrogen-bond donors (Lipinski definition) is 1. The Bertz CT molecular complexity index is 772. The third kappa shape index (κ3) is 3.35. The lowest BCUT2D eigenvalue weighted by molar-refractivity contribution is 0.0951. The van der Waals surface area contributed by atoms with E-state index in [1.54, 1.807) is 42.2 Å². The number of pyridine rings is 1. The maximum atomic E-state index is 12.8. The van der Waals surface area contributed by atoms with Crippen LogP contribution in [-0.4, -0.2) is 15.9 Å². The minimum Gasteiger partial charge on any atom is -0.348 e. The van der Waals surface area contributed by atoms with Gasteiger partial charge in [0.15, 0.2) is 0 Å². The Morgan fingerprint density at radius 2 is 2.05 bits per heavy atom. The minimum atomic E-state index is -0.293. The van der Waals surface area contributed by atoms with Gasteiger partial charge < -0.3 is 5.32 Å². The summed E-state index contributed by atoms with van der Waals surface area (Å²) < 4.78 is 12.8. The summed E-state index contributed by atoms with van der Waals surface area (Å²) in [5.41, 5.74) is 3.81. The van der Waals surface area contributed by atoms with Gasteiger partial charge >= 0.3 is 0 Å². The van der Waals surface area contributed by atoms with Gasteiger partial charge in [0.1, 0.15) is 5.82 Å². The van der Waals surface area contributed by atoms with Gasteiger partial charge in [-0.15, -0.1) is 11.3 Å². The van der Waals surface area contributed by atoms with E-state index in [9.17, 15) is 9.18 Å². The van der Waals surface area contributed by atoms with Gasteiger partial charge in [-0.2, -0.15) is 0 Å². The van der Waals surface area contributed by atoms with Gasteiger partial charge in [0.2, 0.25) is 0 Å². The van der Waals surface area contributed by atoms with Crippen molar-refractivity contribution in [2.45, 2.75) is 6.54 Å². The SMILES string of the molecule is O=C(NCc1ccc(F)cc1)c1ccnc(-c2cncs2)c1. The zero-order chi connectivity index (χ0) is 15.4. The molecule has 1 N–H and O–H groups in total. The van der Waals surface area contributed by atoms with Crippen LogP contribution in [0.15, 0.2) is 54.3 Å². The van der Waals surface area contributed by atoms with Gasteiger partial charge in [-0.25, -0.2) is 4.39 Å². The number of carbonyl (C=O) groups excluding carboxylic acids is 1. The van der Waals surface area contributed by atoms with Crippen molar-refractivity contribution in [2.24, 2.45) is 0 Å². The first-order valence-corrected chi connectivity index (χ1v) is 7.48. The van der Waals surface area contributed by atoms with Crippen molar-refractivity contribution in [1.82, 2.24) is 15.3 Å². The van der Waals surface area contributed by atoms with Crippen LogP contribution in [0.25, 0.3) is 10.6 Å². The Hall–Kier alpha value is -2.60. The number of hydrogen-bond acceptors (Lipinski definition) is 4. The molecule has 3 aromatic rings. The molecule has 0 spiro atoms. The standard InChI is InChI=1S/C16H12FN3OS/c17-13-3-1-11(2-4-13)8-20-16(21)12-5-6-19-14(7-12)15-9-18-10-22-15/h1-7,9-10H,8H2,(H,20,21). The third-order valence-electron chi connectivity index (χ3n) is 3.07. The molecule has 4 nitrogen and oxygen atoms in total. The van der Waals surface area contributed by atoms with Gasteiger partial charge in [-0.05, 0) is 29.8 Å². The zero-order valence-electron chi connectivity index (χ0n) is 11.5. The van der Waals surface area contributed by atoms with Crippen LogP contribution in [0.1, 0.15) is 15.9 Å². The Morgan fingerprint density at radius 3 is 2.77 bits per heavy atom. The van der Waals surface area contributed by atoms with E-state index in [0.29, 0.717) is 12.1 Å². The molecule has 1 aromatic carbocycles. The van der Waals surface area contributed by atoms with Crippen LogP contribution in [-0.2, 0) is 6.54 Å². The summed E-state index contributed by atoms with van der Waals surface area (Å²) in [7, 11) is 0. The molecule has 0 aliphatic heterocycles. The molecule has 0 saturated carbocycles. The molecule has 0 fully saturated rings. The fraction of sp³-hybridized carbons (Fsp3) is 0.0625. The number of amides is 1. The maximum Gasteiger partial charge on any atom is 0.251 e. The van der Waals surface area contributed by atoms with E-state index in [1.165, 1.54) is 23.5 Å². The number of nitrogens with one attached hydrogen (secondary N) is 1. The Kier molecular flexibility index (Phi) is 4.20. The normalized spacial score (nSPS) is 10.4. The van der Waals surface area contributed by atoms with Crippen LogP contribution in [0.2, 0.25) is 0 Å². The molecule has 0 aliphatic carbocycles. The number of halogens is 1. The monoisotopic (exact) mass is 313 g/mol. The van der Waals surface area contributed by atoms with E-state index < -0.39 is 0 Å². The number of thiazole rings is 1. The summed E-state index contributed by atoms with van der Waals surface area (Å²) in [6.07, 6.45) is 3.31. The average Bonchev–Trinajstić information content (AvgIpc) is 3.09. The first-order valence-electron chi connectivity index (χ1n) is 6.60. The van der Waals surface area contributed by atoms with E-state index in [0.717, 1.165) is 16.1 Å². The fourth-order valence-corrected chi connectivity index (χ4v) is 2.52. The minimum absolute atomic E-state index is 0.197. The molecule has 0 atom stereocenters. The number of rotatable bonds is 4. The smallest absolute Gasteiger partial charge is 0.251 e. The molecular weight excluding hydrogens is 301 g/mol. The largest absolute Gasteiger partial charge is 0.348 e. The maximum absolute atomic E-state index is 12.8. The lowest BCUT2D eigenvalue weighted by Gasteiger charge is -2.06. The molecule has 6 heteroatoms. The zero-order valence-corrected chi connectivity index (χ0v) is 12.3. The average molecular weight is 313 g/mol. The van der Waals surface area contributed by atoms with Crippen LogP contribution in [0.4, 0.5) is 4.39 Å². The predicted octanol–water partition coefficient (Wildman–Crippen LogP) is 3.27. The first-order chi connectivity index (χ1) is 10.7. The fourth-order valence-electron chi connectivity index (χ4n) is 1.94. The topological polar surface area (TPSA) is 54.9 Å². The lowest BCUT2D eigenvalue weighted by Crippen LogP contribution is -2.22. The highest BCUT2D eigenvalue weighted by molar-refractivity contribution is 7.13. The summed E-state index contributed by atoms with van der Waals surface area (Å²) in [4.78, 5) is 21.3. The van der Waals surface area contributed by atoms with Crippen LogP contribution >= 0.6 is 11.3 Å². The molecule has 0 saturated heterocycles. The molecule has 0 unspecified atom stereocenters. The summed E-state index contributed by atoms with van der Waals surface area (Å²) >= 11 is 1.47. The quantitative estimate of drug-likeness (QED) is 0.804. The van der Waals surface area contributed by atoms with Crippen molar-refractivity contribution in [1.29, 1.82) is 0 Å². The van der Waals surface area contributed by atoms with Gasteiger partial charge in [-0.3, -0.25) is 14.8 Å². The second kappa shape index (κ2) is 6.44. The number of nitrogens with zero attached hydrogens (tertiary/aromatic N) is 2. The van der Waals surface area contributed by atoms with E-state index in [2.05, 4.69) is 15.3 Å². The Balaban J connectivity index is 1.70. The number of benzene rings is 1. The van der Waals surface area contributed by atoms with E-state index >= 15 is 0 Å². The van der Waals surface area contributed by atoms with Crippen molar-refractivity contribution in [3.63, 3.8) is 0 Å². The number of carbonyl (C=O) groups is 1. The summed E-state index contributed by atoms with van der Waals surface area (Å²) in [6, 6.07) is 9.42. The van der Waals surface area contributed by atoms with Gasteiger partial charge in [0, 0.05) is 24.5 Å².